The summed E-state index contributed by atoms with van der Waals surface area (Å²) in [5, 5.41) is 0. The van der Waals surface area contributed by atoms with Crippen LogP contribution in [0.4, 0.5) is 0 Å². The van der Waals surface area contributed by atoms with Crippen LogP contribution in [0, 0.1) is 5.41 Å². The number of hydrogen-bond acceptors (Lipinski definition) is 2. The highest BCUT2D eigenvalue weighted by Crippen LogP contribution is 2.22. The Morgan fingerprint density at radius 2 is 1.73 bits per heavy atom. The van der Waals surface area contributed by atoms with Crippen molar-refractivity contribution in [3.63, 3.8) is 0 Å². The van der Waals surface area contributed by atoms with E-state index in [2.05, 4.69) is 25.5 Å². The van der Waals surface area contributed by atoms with Gasteiger partial charge in [0.05, 0.1) is 5.75 Å². The Morgan fingerprint density at radius 1 is 1.13 bits per heavy atom. The Bertz CT molecular complexity index is 258. The number of unbranched alkanes of at least 4 members (excludes halogenated alkanes) is 2. The third-order valence-electron chi connectivity index (χ3n) is 2.61. The summed E-state index contributed by atoms with van der Waals surface area (Å²) in [6.45, 7) is 8.60. The first-order valence-corrected chi connectivity index (χ1v) is 7.45. The van der Waals surface area contributed by atoms with Gasteiger partial charge in [-0.3, -0.25) is 0 Å². The molecule has 0 aliphatic heterocycles. The summed E-state index contributed by atoms with van der Waals surface area (Å²) in [6.07, 6.45) is 4.69. The largest absolute Gasteiger partial charge is 0.215 e. The number of nitrogens with one attached hydrogen (secondary N) is 1. The van der Waals surface area contributed by atoms with Crippen molar-refractivity contribution in [1.29, 1.82) is 0 Å². The summed E-state index contributed by atoms with van der Waals surface area (Å²) in [5.41, 5.74) is 0.0669. The van der Waals surface area contributed by atoms with E-state index in [1.807, 2.05) is 0 Å². The van der Waals surface area contributed by atoms with E-state index >= 15 is 0 Å². The van der Waals surface area contributed by atoms with Crippen LogP contribution in [0.3, 0.4) is 0 Å². The quantitative estimate of drug-likeness (QED) is 0.657. The van der Waals surface area contributed by atoms with Gasteiger partial charge in [0.1, 0.15) is 0 Å². The SMILES string of the molecule is CCCCCC(C)(C)CNS(=O)(=O)CC. The second kappa shape index (κ2) is 6.48. The van der Waals surface area contributed by atoms with Gasteiger partial charge in [0, 0.05) is 6.54 Å². The summed E-state index contributed by atoms with van der Waals surface area (Å²) in [7, 11) is -3.03. The first-order valence-electron chi connectivity index (χ1n) is 5.80. The van der Waals surface area contributed by atoms with Crippen LogP contribution in [0.5, 0.6) is 0 Å². The molecule has 0 amide bonds. The second-order valence-electron chi connectivity index (χ2n) is 4.85. The van der Waals surface area contributed by atoms with Crippen LogP contribution in [-0.2, 0) is 10.0 Å². The van der Waals surface area contributed by atoms with Crippen LogP contribution in [0.25, 0.3) is 0 Å². The fraction of sp³-hybridized carbons (Fsp3) is 1.00. The average molecular weight is 235 g/mol. The molecule has 0 rings (SSSR count). The molecule has 0 unspecified atom stereocenters. The molecular formula is C11H25NO2S. The maximum atomic E-state index is 11.3. The summed E-state index contributed by atoms with van der Waals surface area (Å²) in [6, 6.07) is 0. The second-order valence-corrected chi connectivity index (χ2v) is 6.94. The summed E-state index contributed by atoms with van der Waals surface area (Å²) >= 11 is 0. The van der Waals surface area contributed by atoms with Crippen molar-refractivity contribution in [3.8, 4) is 0 Å². The highest BCUT2D eigenvalue weighted by Gasteiger charge is 2.19. The molecule has 0 saturated heterocycles. The first-order chi connectivity index (χ1) is 6.83. The molecule has 0 heterocycles. The predicted octanol–water partition coefficient (Wildman–Crippen LogP) is 2.53. The third kappa shape index (κ3) is 7.79. The molecule has 15 heavy (non-hydrogen) atoms. The standard InChI is InChI=1S/C11H25NO2S/c1-5-7-8-9-11(3,4)10-12-15(13,14)6-2/h12H,5-10H2,1-4H3. The molecule has 1 N–H and O–H groups in total. The molecule has 0 bridgehead atoms. The number of rotatable bonds is 8. The van der Waals surface area contributed by atoms with Crippen molar-refractivity contribution in [3.05, 3.63) is 0 Å². The Kier molecular flexibility index (Phi) is 6.44. The van der Waals surface area contributed by atoms with E-state index < -0.39 is 10.0 Å². The molecule has 0 fully saturated rings. The minimum absolute atomic E-state index is 0.0669. The molecule has 0 aromatic carbocycles. The van der Waals surface area contributed by atoms with Gasteiger partial charge in [0.25, 0.3) is 0 Å². The Hall–Kier alpha value is -0.0900. The van der Waals surface area contributed by atoms with Gasteiger partial charge in [-0.05, 0) is 18.8 Å². The molecule has 0 aliphatic rings. The zero-order valence-corrected chi connectivity index (χ0v) is 11.3. The number of hydrogen-bond donors (Lipinski definition) is 1. The van der Waals surface area contributed by atoms with Crippen LogP contribution in [0.2, 0.25) is 0 Å². The van der Waals surface area contributed by atoms with Gasteiger partial charge < -0.3 is 0 Å². The fourth-order valence-electron chi connectivity index (χ4n) is 1.35. The summed E-state index contributed by atoms with van der Waals surface area (Å²) in [5.74, 6) is 0.165. The van der Waals surface area contributed by atoms with Crippen molar-refractivity contribution in [2.75, 3.05) is 12.3 Å². The van der Waals surface area contributed by atoms with E-state index in [9.17, 15) is 8.42 Å². The zero-order chi connectivity index (χ0) is 11.9. The van der Waals surface area contributed by atoms with E-state index in [1.54, 1.807) is 6.92 Å². The predicted molar refractivity (Wildman–Crippen MR) is 65.4 cm³/mol. The highest BCUT2D eigenvalue weighted by atomic mass is 32.2. The van der Waals surface area contributed by atoms with Gasteiger partial charge in [-0.1, -0.05) is 40.0 Å². The van der Waals surface area contributed by atoms with Crippen LogP contribution >= 0.6 is 0 Å². The van der Waals surface area contributed by atoms with E-state index in [0.717, 1.165) is 6.42 Å². The molecule has 0 atom stereocenters. The fourth-order valence-corrected chi connectivity index (χ4v) is 2.16. The van der Waals surface area contributed by atoms with Crippen molar-refractivity contribution in [2.24, 2.45) is 5.41 Å². The lowest BCUT2D eigenvalue weighted by molar-refractivity contribution is 0.320. The molecule has 3 nitrogen and oxygen atoms in total. The van der Waals surface area contributed by atoms with E-state index in [-0.39, 0.29) is 11.2 Å². The van der Waals surface area contributed by atoms with Gasteiger partial charge in [-0.2, -0.15) is 0 Å². The molecule has 0 radical (unpaired) electrons. The van der Waals surface area contributed by atoms with Crippen LogP contribution < -0.4 is 4.72 Å². The Morgan fingerprint density at radius 3 is 2.20 bits per heavy atom. The zero-order valence-electron chi connectivity index (χ0n) is 10.5. The lowest BCUT2D eigenvalue weighted by Gasteiger charge is -2.24. The van der Waals surface area contributed by atoms with Crippen LogP contribution in [-0.4, -0.2) is 20.7 Å². The van der Waals surface area contributed by atoms with Crippen LogP contribution in [0.15, 0.2) is 0 Å². The molecule has 0 aromatic rings. The monoisotopic (exact) mass is 235 g/mol. The van der Waals surface area contributed by atoms with Gasteiger partial charge in [0.15, 0.2) is 0 Å². The topological polar surface area (TPSA) is 46.2 Å². The molecule has 92 valence electrons. The van der Waals surface area contributed by atoms with E-state index in [0.29, 0.717) is 6.54 Å². The van der Waals surface area contributed by atoms with Crippen LogP contribution in [0.1, 0.15) is 53.4 Å². The molecule has 0 aromatic heterocycles. The smallest absolute Gasteiger partial charge is 0.211 e. The van der Waals surface area contributed by atoms with Crippen molar-refractivity contribution < 1.29 is 8.42 Å². The van der Waals surface area contributed by atoms with Crippen molar-refractivity contribution in [2.45, 2.75) is 53.4 Å². The maximum absolute atomic E-state index is 11.3. The molecule has 0 saturated carbocycles. The molecule has 4 heteroatoms. The molecule has 0 aliphatic carbocycles. The Balaban J connectivity index is 3.93. The lowest BCUT2D eigenvalue weighted by Crippen LogP contribution is -2.34. The normalized spacial score (nSPS) is 13.1. The maximum Gasteiger partial charge on any atom is 0.211 e. The third-order valence-corrected chi connectivity index (χ3v) is 3.95. The lowest BCUT2D eigenvalue weighted by atomic mass is 9.87. The minimum atomic E-state index is -3.03. The first kappa shape index (κ1) is 14.9. The van der Waals surface area contributed by atoms with Crippen molar-refractivity contribution >= 4 is 10.0 Å². The van der Waals surface area contributed by atoms with Gasteiger partial charge in [0.2, 0.25) is 10.0 Å². The number of sulfonamides is 1. The summed E-state index contributed by atoms with van der Waals surface area (Å²) < 4.78 is 25.2. The van der Waals surface area contributed by atoms with Gasteiger partial charge in [-0.25, -0.2) is 13.1 Å². The van der Waals surface area contributed by atoms with E-state index in [1.165, 1.54) is 19.3 Å². The minimum Gasteiger partial charge on any atom is -0.215 e. The molecular weight excluding hydrogens is 210 g/mol. The van der Waals surface area contributed by atoms with Gasteiger partial charge in [-0.15, -0.1) is 0 Å². The Labute approximate surface area is 94.7 Å². The van der Waals surface area contributed by atoms with Crippen molar-refractivity contribution in [1.82, 2.24) is 4.72 Å². The average Bonchev–Trinajstić information content (AvgIpc) is 2.16. The van der Waals surface area contributed by atoms with E-state index in [4.69, 9.17) is 0 Å². The van der Waals surface area contributed by atoms with Gasteiger partial charge >= 0.3 is 0 Å². The summed E-state index contributed by atoms with van der Waals surface area (Å²) in [4.78, 5) is 0. The molecule has 0 spiro atoms. The highest BCUT2D eigenvalue weighted by molar-refractivity contribution is 7.89.